The molecule has 1 fully saturated rings. The van der Waals surface area contributed by atoms with E-state index in [9.17, 15) is 4.79 Å². The summed E-state index contributed by atoms with van der Waals surface area (Å²) in [5.41, 5.74) is 3.74. The van der Waals surface area contributed by atoms with Gasteiger partial charge in [-0.1, -0.05) is 30.2 Å². The Morgan fingerprint density at radius 2 is 1.93 bits per heavy atom. The van der Waals surface area contributed by atoms with Crippen molar-refractivity contribution in [1.29, 1.82) is 0 Å². The number of H-pyrrole nitrogens is 2. The summed E-state index contributed by atoms with van der Waals surface area (Å²) in [7, 11) is 0. The minimum absolute atomic E-state index is 0.00888. The number of halogens is 1. The maximum Gasteiger partial charge on any atom is 0.227 e. The van der Waals surface area contributed by atoms with E-state index in [1.807, 2.05) is 30.3 Å². The number of carbonyl (C=O) groups is 1. The molecule has 29 heavy (non-hydrogen) atoms. The van der Waals surface area contributed by atoms with Crippen molar-refractivity contribution < 1.29 is 4.79 Å². The SMILES string of the molecule is O=C(Cc1nc2cc(Cl)ccc2[nH]1)NC1CCCC(c2nc3ccccc3[nH]2)C1. The van der Waals surface area contributed by atoms with Crippen molar-refractivity contribution in [2.45, 2.75) is 44.1 Å². The van der Waals surface area contributed by atoms with Crippen molar-refractivity contribution in [1.82, 2.24) is 25.3 Å². The molecule has 1 saturated carbocycles. The lowest BCUT2D eigenvalue weighted by atomic mass is 9.85. The van der Waals surface area contributed by atoms with Gasteiger partial charge in [-0.25, -0.2) is 9.97 Å². The van der Waals surface area contributed by atoms with Gasteiger partial charge in [0.15, 0.2) is 0 Å². The number of carbonyl (C=O) groups excluding carboxylic acids is 1. The molecule has 0 bridgehead atoms. The second-order valence-corrected chi connectivity index (χ2v) is 8.23. The second-order valence-electron chi connectivity index (χ2n) is 7.79. The van der Waals surface area contributed by atoms with Crippen LogP contribution < -0.4 is 5.32 Å². The molecule has 1 aliphatic rings. The highest BCUT2D eigenvalue weighted by Crippen LogP contribution is 2.32. The van der Waals surface area contributed by atoms with E-state index in [4.69, 9.17) is 16.6 Å². The van der Waals surface area contributed by atoms with Gasteiger partial charge in [-0.05, 0) is 49.6 Å². The van der Waals surface area contributed by atoms with Crippen LogP contribution in [0.4, 0.5) is 0 Å². The van der Waals surface area contributed by atoms with Gasteiger partial charge in [0.1, 0.15) is 11.6 Å². The van der Waals surface area contributed by atoms with Crippen LogP contribution in [0.5, 0.6) is 0 Å². The Hall–Kier alpha value is -2.86. The van der Waals surface area contributed by atoms with Crippen LogP contribution in [0.15, 0.2) is 42.5 Å². The molecule has 0 radical (unpaired) electrons. The van der Waals surface area contributed by atoms with Gasteiger partial charge in [-0.3, -0.25) is 4.79 Å². The monoisotopic (exact) mass is 407 g/mol. The van der Waals surface area contributed by atoms with Crippen LogP contribution in [0.3, 0.4) is 0 Å². The zero-order chi connectivity index (χ0) is 19.8. The Morgan fingerprint density at radius 1 is 1.07 bits per heavy atom. The van der Waals surface area contributed by atoms with Crippen molar-refractivity contribution >= 4 is 39.6 Å². The molecule has 0 saturated heterocycles. The van der Waals surface area contributed by atoms with Crippen LogP contribution in [0.2, 0.25) is 5.02 Å². The van der Waals surface area contributed by atoms with Crippen LogP contribution in [-0.2, 0) is 11.2 Å². The number of imidazole rings is 2. The molecule has 2 aromatic carbocycles. The zero-order valence-electron chi connectivity index (χ0n) is 15.9. The Bertz CT molecular complexity index is 1150. The normalized spacial score (nSPS) is 19.6. The smallest absolute Gasteiger partial charge is 0.227 e. The van der Waals surface area contributed by atoms with Gasteiger partial charge < -0.3 is 15.3 Å². The van der Waals surface area contributed by atoms with Gasteiger partial charge in [0.25, 0.3) is 0 Å². The van der Waals surface area contributed by atoms with Crippen molar-refractivity contribution in [3.05, 3.63) is 59.1 Å². The van der Waals surface area contributed by atoms with Crippen LogP contribution in [0.1, 0.15) is 43.3 Å². The summed E-state index contributed by atoms with van der Waals surface area (Å²) in [4.78, 5) is 28.5. The average Bonchev–Trinajstić information content (AvgIpc) is 3.31. The molecule has 2 atom stereocenters. The molecule has 1 aliphatic carbocycles. The summed E-state index contributed by atoms with van der Waals surface area (Å²) >= 11 is 6.01. The van der Waals surface area contributed by atoms with Crippen LogP contribution in [0.25, 0.3) is 22.1 Å². The molecule has 0 spiro atoms. The fourth-order valence-electron chi connectivity index (χ4n) is 4.28. The number of amides is 1. The third-order valence-corrected chi connectivity index (χ3v) is 5.89. The first-order chi connectivity index (χ1) is 14.1. The van der Waals surface area contributed by atoms with E-state index in [2.05, 4.69) is 26.3 Å². The number of para-hydroxylation sites is 2. The summed E-state index contributed by atoms with van der Waals surface area (Å²) in [5, 5.41) is 3.83. The van der Waals surface area contributed by atoms with Crippen LogP contribution >= 0.6 is 11.6 Å². The maximum atomic E-state index is 12.6. The van der Waals surface area contributed by atoms with E-state index in [-0.39, 0.29) is 18.4 Å². The predicted octanol–water partition coefficient (Wildman–Crippen LogP) is 4.48. The zero-order valence-corrected chi connectivity index (χ0v) is 16.7. The number of benzene rings is 2. The summed E-state index contributed by atoms with van der Waals surface area (Å²) in [6, 6.07) is 13.7. The second kappa shape index (κ2) is 7.52. The van der Waals surface area contributed by atoms with Crippen molar-refractivity contribution in [3.63, 3.8) is 0 Å². The predicted molar refractivity (Wildman–Crippen MR) is 114 cm³/mol. The van der Waals surface area contributed by atoms with Gasteiger partial charge in [0.2, 0.25) is 5.91 Å². The molecule has 4 aromatic rings. The van der Waals surface area contributed by atoms with Crippen molar-refractivity contribution in [3.8, 4) is 0 Å². The fourth-order valence-corrected chi connectivity index (χ4v) is 4.45. The lowest BCUT2D eigenvalue weighted by Gasteiger charge is -2.28. The number of hydrogen-bond acceptors (Lipinski definition) is 3. The first-order valence-electron chi connectivity index (χ1n) is 10.0. The molecule has 0 aliphatic heterocycles. The Kier molecular flexibility index (Phi) is 4.72. The van der Waals surface area contributed by atoms with E-state index in [0.717, 1.165) is 53.6 Å². The molecule has 6 nitrogen and oxygen atoms in total. The van der Waals surface area contributed by atoms with E-state index in [1.165, 1.54) is 0 Å². The third-order valence-electron chi connectivity index (χ3n) is 5.66. The number of aromatic amines is 2. The van der Waals surface area contributed by atoms with Crippen molar-refractivity contribution in [2.75, 3.05) is 0 Å². The van der Waals surface area contributed by atoms with Crippen molar-refractivity contribution in [2.24, 2.45) is 0 Å². The highest BCUT2D eigenvalue weighted by molar-refractivity contribution is 6.31. The van der Waals surface area contributed by atoms with Gasteiger partial charge in [0.05, 0.1) is 28.5 Å². The van der Waals surface area contributed by atoms with E-state index < -0.39 is 0 Å². The minimum Gasteiger partial charge on any atom is -0.353 e. The summed E-state index contributed by atoms with van der Waals surface area (Å²) in [5.74, 6) is 2.02. The van der Waals surface area contributed by atoms with E-state index in [0.29, 0.717) is 16.8 Å². The molecule has 2 heterocycles. The Labute approximate surface area is 173 Å². The van der Waals surface area contributed by atoms with E-state index >= 15 is 0 Å². The fraction of sp³-hybridized carbons (Fsp3) is 0.318. The standard InChI is InChI=1S/C22H22ClN5O/c23-14-8-9-18-19(11-14)26-20(25-18)12-21(29)24-15-5-3-4-13(10-15)22-27-16-6-1-2-7-17(16)28-22/h1-2,6-9,11,13,15H,3-5,10,12H2,(H,24,29)(H,25,26)(H,27,28). The molecule has 2 unspecified atom stereocenters. The number of fused-ring (bicyclic) bond motifs is 2. The third kappa shape index (κ3) is 3.85. The molecule has 148 valence electrons. The molecular weight excluding hydrogens is 386 g/mol. The lowest BCUT2D eigenvalue weighted by molar-refractivity contribution is -0.121. The summed E-state index contributed by atoms with van der Waals surface area (Å²) in [6.45, 7) is 0. The molecule has 7 heteroatoms. The molecule has 5 rings (SSSR count). The number of nitrogens with one attached hydrogen (secondary N) is 3. The quantitative estimate of drug-likeness (QED) is 0.466. The maximum absolute atomic E-state index is 12.6. The van der Waals surface area contributed by atoms with Crippen LogP contribution in [0, 0.1) is 0 Å². The van der Waals surface area contributed by atoms with Gasteiger partial charge in [-0.15, -0.1) is 0 Å². The highest BCUT2D eigenvalue weighted by Gasteiger charge is 2.26. The van der Waals surface area contributed by atoms with Gasteiger partial charge in [0, 0.05) is 17.0 Å². The number of aromatic nitrogens is 4. The molecule has 2 aromatic heterocycles. The molecule has 3 N–H and O–H groups in total. The summed E-state index contributed by atoms with van der Waals surface area (Å²) < 4.78 is 0. The average molecular weight is 408 g/mol. The number of hydrogen-bond donors (Lipinski definition) is 3. The minimum atomic E-state index is -0.00888. The summed E-state index contributed by atoms with van der Waals surface area (Å²) in [6.07, 6.45) is 4.31. The first-order valence-corrected chi connectivity index (χ1v) is 10.4. The van der Waals surface area contributed by atoms with Gasteiger partial charge >= 0.3 is 0 Å². The lowest BCUT2D eigenvalue weighted by Crippen LogP contribution is -2.39. The van der Waals surface area contributed by atoms with Crippen LogP contribution in [-0.4, -0.2) is 31.9 Å². The largest absolute Gasteiger partial charge is 0.353 e. The molecule has 1 amide bonds. The Morgan fingerprint density at radius 3 is 2.83 bits per heavy atom. The first kappa shape index (κ1) is 18.2. The topological polar surface area (TPSA) is 86.5 Å². The number of rotatable bonds is 4. The van der Waals surface area contributed by atoms with E-state index in [1.54, 1.807) is 6.07 Å². The highest BCUT2D eigenvalue weighted by atomic mass is 35.5. The Balaban J connectivity index is 1.24. The molecular formula is C22H22ClN5O. The van der Waals surface area contributed by atoms with Gasteiger partial charge in [-0.2, -0.15) is 0 Å². The number of nitrogens with zero attached hydrogens (tertiary/aromatic N) is 2.